The molecule has 0 fully saturated rings. The summed E-state index contributed by atoms with van der Waals surface area (Å²) in [7, 11) is 0. The lowest BCUT2D eigenvalue weighted by Gasteiger charge is -2.48. The van der Waals surface area contributed by atoms with Gasteiger partial charge in [0.1, 0.15) is 0 Å². The van der Waals surface area contributed by atoms with Gasteiger partial charge in [-0.25, -0.2) is 0 Å². The standard InChI is InChI=1S/C90H82N4/c1-87(2,3)64-39-34-58(35-40-64)73-54-66(89(7,8)9)43-47-77(73)92-79-46-38-60(57-24-14-13-15-25-57)51-81(79)94-80-49-45-68(91-75-32-22-20-30-71(75)72-31-21-23-33-76(72)91)56-82(80)93(78-48-44-67(90(10,11)12)55-74(78)59-36-41-65(42-37-59)88(4,5)6)84-53-63(52-83(92)86(84)94)85-69-28-18-16-26-61(69)50-62-27-17-19-29-70(62)85/h13-49,51-56,85H,50H2,1-12H3. The lowest BCUT2D eigenvalue weighted by molar-refractivity contribution is 0.589. The summed E-state index contributed by atoms with van der Waals surface area (Å²) in [6.07, 6.45) is 0.887. The van der Waals surface area contributed by atoms with Crippen LogP contribution in [0.3, 0.4) is 0 Å². The van der Waals surface area contributed by atoms with Crippen LogP contribution in [0.25, 0.3) is 60.9 Å². The molecule has 16 rings (SSSR count). The Morgan fingerprint density at radius 1 is 0.287 bits per heavy atom. The van der Waals surface area contributed by atoms with E-state index in [9.17, 15) is 0 Å². The molecule has 0 N–H and O–H groups in total. The molecule has 0 unspecified atom stereocenters. The van der Waals surface area contributed by atoms with Gasteiger partial charge >= 0.3 is 0 Å². The zero-order valence-electron chi connectivity index (χ0n) is 56.4. The third-order valence-electron chi connectivity index (χ3n) is 20.4. The van der Waals surface area contributed by atoms with Gasteiger partial charge in [0.05, 0.1) is 62.2 Å². The van der Waals surface area contributed by atoms with E-state index in [4.69, 9.17) is 0 Å². The molecular formula is C90H82N4. The maximum absolute atomic E-state index is 2.67. The van der Waals surface area contributed by atoms with E-state index < -0.39 is 0 Å². The molecular weight excluding hydrogens is 1140 g/mol. The van der Waals surface area contributed by atoms with Gasteiger partial charge in [-0.3, -0.25) is 0 Å². The third-order valence-corrected chi connectivity index (χ3v) is 20.4. The van der Waals surface area contributed by atoms with E-state index in [-0.39, 0.29) is 27.6 Å². The van der Waals surface area contributed by atoms with Crippen LogP contribution < -0.4 is 14.7 Å². The Bertz CT molecular complexity index is 5050. The number of fused-ring (bicyclic) bond motifs is 9. The van der Waals surface area contributed by atoms with Gasteiger partial charge in [-0.1, -0.05) is 265 Å². The number of nitrogens with zero attached hydrogens (tertiary/aromatic N) is 4. The van der Waals surface area contributed by atoms with Crippen molar-refractivity contribution in [1.82, 2.24) is 4.57 Å². The third kappa shape index (κ3) is 9.78. The molecule has 3 heterocycles. The van der Waals surface area contributed by atoms with Crippen molar-refractivity contribution in [1.29, 1.82) is 0 Å². The normalized spacial score (nSPS) is 13.8. The first-order valence-electron chi connectivity index (χ1n) is 33.7. The second kappa shape index (κ2) is 21.7. The molecule has 12 aromatic carbocycles. The van der Waals surface area contributed by atoms with Crippen molar-refractivity contribution in [2.75, 3.05) is 14.7 Å². The number of rotatable bonds is 7. The summed E-state index contributed by atoms with van der Waals surface area (Å²) in [5.41, 5.74) is 32.1. The van der Waals surface area contributed by atoms with Crippen LogP contribution >= 0.6 is 0 Å². The highest BCUT2D eigenvalue weighted by molar-refractivity contribution is 6.16. The second-order valence-electron chi connectivity index (χ2n) is 30.7. The second-order valence-corrected chi connectivity index (χ2v) is 30.7. The van der Waals surface area contributed by atoms with Crippen molar-refractivity contribution in [3.05, 3.63) is 311 Å². The molecule has 3 aliphatic rings. The van der Waals surface area contributed by atoms with Crippen LogP contribution in [0, 0.1) is 0 Å². The van der Waals surface area contributed by atoms with E-state index in [2.05, 4.69) is 363 Å². The van der Waals surface area contributed by atoms with E-state index in [1.54, 1.807) is 0 Å². The van der Waals surface area contributed by atoms with Gasteiger partial charge in [0.25, 0.3) is 0 Å². The first-order valence-corrected chi connectivity index (χ1v) is 33.7. The van der Waals surface area contributed by atoms with Gasteiger partial charge in [0, 0.05) is 33.5 Å². The van der Waals surface area contributed by atoms with Crippen molar-refractivity contribution >= 4 is 73.0 Å². The molecule has 94 heavy (non-hydrogen) atoms. The van der Waals surface area contributed by atoms with E-state index in [1.807, 2.05) is 0 Å². The van der Waals surface area contributed by atoms with Gasteiger partial charge in [-0.05, 0) is 179 Å². The van der Waals surface area contributed by atoms with Crippen LogP contribution in [0.4, 0.5) is 51.2 Å². The van der Waals surface area contributed by atoms with Gasteiger partial charge in [-0.2, -0.15) is 0 Å². The molecule has 13 aromatic rings. The minimum Gasteiger partial charge on any atom is -0.309 e. The average Bonchev–Trinajstić information content (AvgIpc) is 0.763. The van der Waals surface area contributed by atoms with Crippen molar-refractivity contribution < 1.29 is 0 Å². The molecule has 1 aliphatic carbocycles. The molecule has 0 radical (unpaired) electrons. The summed E-state index contributed by atoms with van der Waals surface area (Å²) in [6, 6.07) is 100. The molecule has 4 nitrogen and oxygen atoms in total. The Morgan fingerprint density at radius 3 is 1.20 bits per heavy atom. The SMILES string of the molecule is CC(C)(C)c1ccc(-c2cc(C(C)(C)C)ccc2N2c3cc(-n4c5ccccc5c5ccccc54)ccc3N3c4cc(-c5ccccc5)ccc4N(c4ccc(C(C)(C)C)cc4-c4ccc(C(C)(C)C)cc4)c4cc(C5c6ccccc6Cc6ccccc65)cc2c43)cc1. The quantitative estimate of drug-likeness (QED) is 0.158. The number of hydrogen-bond donors (Lipinski definition) is 0. The van der Waals surface area contributed by atoms with E-state index in [1.165, 1.54) is 99.7 Å². The van der Waals surface area contributed by atoms with Crippen molar-refractivity contribution in [3.8, 4) is 39.1 Å². The number of anilines is 9. The first-order chi connectivity index (χ1) is 45.2. The number of para-hydroxylation sites is 2. The Morgan fingerprint density at radius 2 is 0.691 bits per heavy atom. The number of hydrogen-bond acceptors (Lipinski definition) is 3. The number of aromatic nitrogens is 1. The van der Waals surface area contributed by atoms with Crippen LogP contribution in [-0.4, -0.2) is 4.57 Å². The van der Waals surface area contributed by atoms with Crippen molar-refractivity contribution in [2.45, 2.75) is 117 Å². The highest BCUT2D eigenvalue weighted by Gasteiger charge is 2.43. The highest BCUT2D eigenvalue weighted by Crippen LogP contribution is 2.66. The molecule has 0 saturated heterocycles. The van der Waals surface area contributed by atoms with Gasteiger partial charge in [-0.15, -0.1) is 0 Å². The summed E-state index contributed by atoms with van der Waals surface area (Å²) in [5, 5.41) is 2.47. The van der Waals surface area contributed by atoms with E-state index >= 15 is 0 Å². The summed E-state index contributed by atoms with van der Waals surface area (Å²) in [5.74, 6) is -0.0765. The van der Waals surface area contributed by atoms with Crippen LogP contribution in [0.15, 0.2) is 261 Å². The largest absolute Gasteiger partial charge is 0.309 e. The first kappa shape index (κ1) is 58.9. The Labute approximate surface area is 556 Å². The van der Waals surface area contributed by atoms with Gasteiger partial charge in [0.2, 0.25) is 0 Å². The lowest BCUT2D eigenvalue weighted by atomic mass is 9.74. The molecule has 0 spiro atoms. The predicted octanol–water partition coefficient (Wildman–Crippen LogP) is 25.1. The summed E-state index contributed by atoms with van der Waals surface area (Å²) in [6.45, 7) is 27.9. The molecule has 0 bridgehead atoms. The van der Waals surface area contributed by atoms with Crippen LogP contribution in [-0.2, 0) is 28.1 Å². The lowest BCUT2D eigenvalue weighted by Crippen LogP contribution is -2.31. The van der Waals surface area contributed by atoms with Crippen LogP contribution in [0.5, 0.6) is 0 Å². The molecule has 4 heteroatoms. The zero-order valence-corrected chi connectivity index (χ0v) is 56.4. The fourth-order valence-electron chi connectivity index (χ4n) is 15.3. The molecule has 462 valence electrons. The maximum Gasteiger partial charge on any atom is 0.0948 e. The monoisotopic (exact) mass is 1220 g/mol. The number of benzene rings is 12. The maximum atomic E-state index is 2.67. The highest BCUT2D eigenvalue weighted by atomic mass is 15.3. The molecule has 0 saturated carbocycles. The predicted molar refractivity (Wildman–Crippen MR) is 400 cm³/mol. The average molecular weight is 1220 g/mol. The minimum atomic E-state index is -0.131. The Hall–Kier alpha value is -10.2. The summed E-state index contributed by atoms with van der Waals surface area (Å²) in [4.78, 5) is 7.96. The summed E-state index contributed by atoms with van der Waals surface area (Å²) >= 11 is 0. The zero-order chi connectivity index (χ0) is 64.7. The minimum absolute atomic E-state index is 0.00853. The Balaban J connectivity index is 1.07. The fourth-order valence-corrected chi connectivity index (χ4v) is 15.3. The molecule has 1 aromatic heterocycles. The Kier molecular flexibility index (Phi) is 13.6. The smallest absolute Gasteiger partial charge is 0.0948 e. The molecule has 0 amide bonds. The van der Waals surface area contributed by atoms with E-state index in [0.29, 0.717) is 0 Å². The van der Waals surface area contributed by atoms with Gasteiger partial charge < -0.3 is 19.3 Å². The fraction of sp³-hybridized carbons (Fsp3) is 0.200. The topological polar surface area (TPSA) is 14.7 Å². The van der Waals surface area contributed by atoms with Crippen LogP contribution in [0.1, 0.15) is 139 Å². The summed E-state index contributed by atoms with van der Waals surface area (Å²) < 4.78 is 2.49. The van der Waals surface area contributed by atoms with Crippen molar-refractivity contribution in [3.63, 3.8) is 0 Å². The molecule has 0 atom stereocenters. The molecule has 2 aliphatic heterocycles. The van der Waals surface area contributed by atoms with E-state index in [0.717, 1.165) is 68.9 Å². The van der Waals surface area contributed by atoms with Crippen LogP contribution in [0.2, 0.25) is 0 Å². The van der Waals surface area contributed by atoms with Gasteiger partial charge in [0.15, 0.2) is 0 Å². The van der Waals surface area contributed by atoms with Crippen molar-refractivity contribution in [2.24, 2.45) is 0 Å².